The third kappa shape index (κ3) is 2.00. The van der Waals surface area contributed by atoms with Crippen molar-refractivity contribution in [3.8, 4) is 5.69 Å². The molecule has 2 nitrogen and oxygen atoms in total. The molecule has 18 heavy (non-hydrogen) atoms. The van der Waals surface area contributed by atoms with E-state index in [0.717, 1.165) is 35.0 Å². The molecule has 4 heteroatoms. The average molecular weight is 327 g/mol. The molecule has 0 radical (unpaired) electrons. The fourth-order valence-electron chi connectivity index (χ4n) is 2.54. The van der Waals surface area contributed by atoms with Crippen molar-refractivity contribution in [3.63, 3.8) is 0 Å². The highest BCUT2D eigenvalue weighted by molar-refractivity contribution is 9.10. The Balaban J connectivity index is 2.09. The first-order chi connectivity index (χ1) is 8.66. The highest BCUT2D eigenvalue weighted by atomic mass is 79.9. The predicted molar refractivity (Wildman–Crippen MR) is 76.4 cm³/mol. The summed E-state index contributed by atoms with van der Waals surface area (Å²) in [4.78, 5) is 0. The summed E-state index contributed by atoms with van der Waals surface area (Å²) in [6, 6.07) is 7.92. The lowest BCUT2D eigenvalue weighted by atomic mass is 9.95. The van der Waals surface area contributed by atoms with Gasteiger partial charge in [-0.15, -0.1) is 0 Å². The van der Waals surface area contributed by atoms with Crippen LogP contribution in [0.3, 0.4) is 0 Å². The molecular weight excluding hydrogens is 314 g/mol. The number of aromatic nitrogens is 1. The molecule has 1 atom stereocenters. The SMILES string of the molecule is OC1CCCc2c1ccn2-c1ccc(Br)c(Cl)c1. The van der Waals surface area contributed by atoms with Crippen molar-refractivity contribution in [1.82, 2.24) is 4.57 Å². The number of aliphatic hydroxyl groups is 1. The lowest BCUT2D eigenvalue weighted by Gasteiger charge is -2.20. The van der Waals surface area contributed by atoms with Gasteiger partial charge in [-0.3, -0.25) is 0 Å². The predicted octanol–water partition coefficient (Wildman–Crippen LogP) is 4.26. The summed E-state index contributed by atoms with van der Waals surface area (Å²) >= 11 is 9.53. The van der Waals surface area contributed by atoms with Crippen LogP contribution in [0.15, 0.2) is 34.9 Å². The maximum atomic E-state index is 9.97. The standard InChI is InChI=1S/C14H13BrClNO/c15-11-5-4-9(8-12(11)16)17-7-6-10-13(17)2-1-3-14(10)18/h4-8,14,18H,1-3H2. The monoisotopic (exact) mass is 325 g/mol. The molecule has 1 aromatic heterocycles. The van der Waals surface area contributed by atoms with Gasteiger partial charge in [-0.25, -0.2) is 0 Å². The van der Waals surface area contributed by atoms with Crippen molar-refractivity contribution in [2.45, 2.75) is 25.4 Å². The van der Waals surface area contributed by atoms with E-state index in [1.165, 1.54) is 5.69 Å². The minimum Gasteiger partial charge on any atom is -0.388 e. The number of fused-ring (bicyclic) bond motifs is 1. The van der Waals surface area contributed by atoms with Crippen molar-refractivity contribution < 1.29 is 5.11 Å². The molecule has 94 valence electrons. The molecule has 1 N–H and O–H groups in total. The molecule has 1 aliphatic rings. The highest BCUT2D eigenvalue weighted by Crippen LogP contribution is 2.33. The maximum absolute atomic E-state index is 9.97. The van der Waals surface area contributed by atoms with Crippen LogP contribution in [-0.4, -0.2) is 9.67 Å². The number of benzene rings is 1. The summed E-state index contributed by atoms with van der Waals surface area (Å²) in [6.45, 7) is 0. The van der Waals surface area contributed by atoms with E-state index in [-0.39, 0.29) is 6.10 Å². The van der Waals surface area contributed by atoms with Crippen LogP contribution in [0.25, 0.3) is 5.69 Å². The minimum atomic E-state index is -0.319. The largest absolute Gasteiger partial charge is 0.388 e. The van der Waals surface area contributed by atoms with Crippen molar-refractivity contribution in [2.75, 3.05) is 0 Å². The zero-order valence-corrected chi connectivity index (χ0v) is 12.1. The zero-order valence-electron chi connectivity index (χ0n) is 9.74. The summed E-state index contributed by atoms with van der Waals surface area (Å²) in [6.07, 6.45) is 4.59. The molecule has 0 aliphatic heterocycles. The second-order valence-electron chi connectivity index (χ2n) is 4.59. The van der Waals surface area contributed by atoms with Gasteiger partial charge in [-0.1, -0.05) is 11.6 Å². The van der Waals surface area contributed by atoms with Crippen molar-refractivity contribution in [1.29, 1.82) is 0 Å². The van der Waals surface area contributed by atoms with Gasteiger partial charge >= 0.3 is 0 Å². The third-order valence-corrected chi connectivity index (χ3v) is 4.69. The van der Waals surface area contributed by atoms with Crippen LogP contribution in [-0.2, 0) is 6.42 Å². The number of aliphatic hydroxyl groups excluding tert-OH is 1. The van der Waals surface area contributed by atoms with Crippen LogP contribution >= 0.6 is 27.5 Å². The summed E-state index contributed by atoms with van der Waals surface area (Å²) in [5, 5.41) is 10.7. The Bertz CT molecular complexity index is 593. The molecule has 3 rings (SSSR count). The molecule has 2 aromatic rings. The molecule has 1 heterocycles. The van der Waals surface area contributed by atoms with E-state index in [4.69, 9.17) is 11.6 Å². The lowest BCUT2D eigenvalue weighted by molar-refractivity contribution is 0.156. The van der Waals surface area contributed by atoms with Gasteiger partial charge in [0.25, 0.3) is 0 Å². The Labute approximate surface area is 119 Å². The van der Waals surface area contributed by atoms with E-state index in [0.29, 0.717) is 5.02 Å². The Morgan fingerprint density at radius 2 is 2.17 bits per heavy atom. The van der Waals surface area contributed by atoms with E-state index in [2.05, 4.69) is 20.5 Å². The summed E-state index contributed by atoms with van der Waals surface area (Å²) in [5.41, 5.74) is 3.30. The second-order valence-corrected chi connectivity index (χ2v) is 5.86. The molecule has 0 saturated carbocycles. The lowest BCUT2D eigenvalue weighted by Crippen LogP contribution is -2.10. The number of rotatable bonds is 1. The van der Waals surface area contributed by atoms with Gasteiger partial charge in [-0.2, -0.15) is 0 Å². The van der Waals surface area contributed by atoms with Gasteiger partial charge in [0.2, 0.25) is 0 Å². The number of halogens is 2. The summed E-state index contributed by atoms with van der Waals surface area (Å²) in [5.74, 6) is 0. The number of hydrogen-bond donors (Lipinski definition) is 1. The first-order valence-electron chi connectivity index (χ1n) is 6.00. The van der Waals surface area contributed by atoms with Gasteiger partial charge in [0.15, 0.2) is 0 Å². The molecule has 1 aromatic carbocycles. The van der Waals surface area contributed by atoms with E-state index >= 15 is 0 Å². The van der Waals surface area contributed by atoms with Gasteiger partial charge < -0.3 is 9.67 Å². The van der Waals surface area contributed by atoms with E-state index in [9.17, 15) is 5.11 Å². The fourth-order valence-corrected chi connectivity index (χ4v) is 2.96. The van der Waals surface area contributed by atoms with Crippen LogP contribution in [0.1, 0.15) is 30.2 Å². The van der Waals surface area contributed by atoms with Crippen LogP contribution in [0, 0.1) is 0 Å². The van der Waals surface area contributed by atoms with E-state index < -0.39 is 0 Å². The van der Waals surface area contributed by atoms with E-state index in [1.807, 2.05) is 30.5 Å². The summed E-state index contributed by atoms with van der Waals surface area (Å²) in [7, 11) is 0. The van der Waals surface area contributed by atoms with Gasteiger partial charge in [-0.05, 0) is 59.5 Å². The molecule has 0 bridgehead atoms. The minimum absolute atomic E-state index is 0.319. The van der Waals surface area contributed by atoms with Crippen LogP contribution in [0.2, 0.25) is 5.02 Å². The zero-order chi connectivity index (χ0) is 12.7. The summed E-state index contributed by atoms with van der Waals surface area (Å²) < 4.78 is 3.02. The van der Waals surface area contributed by atoms with Crippen molar-refractivity contribution >= 4 is 27.5 Å². The topological polar surface area (TPSA) is 25.2 Å². The Hall–Kier alpha value is -0.770. The molecule has 1 aliphatic carbocycles. The Kier molecular flexibility index (Phi) is 3.22. The first-order valence-corrected chi connectivity index (χ1v) is 7.17. The van der Waals surface area contributed by atoms with Crippen molar-refractivity contribution in [3.05, 3.63) is 51.2 Å². The molecule has 0 saturated heterocycles. The van der Waals surface area contributed by atoms with Crippen molar-refractivity contribution in [2.24, 2.45) is 0 Å². The molecule has 0 fully saturated rings. The Morgan fingerprint density at radius 3 is 2.94 bits per heavy atom. The third-order valence-electron chi connectivity index (χ3n) is 3.46. The molecule has 0 amide bonds. The molecule has 1 unspecified atom stereocenters. The molecular formula is C14H13BrClNO. The van der Waals surface area contributed by atoms with Crippen LogP contribution in [0.5, 0.6) is 0 Å². The quantitative estimate of drug-likeness (QED) is 0.832. The smallest absolute Gasteiger partial charge is 0.0807 e. The average Bonchev–Trinajstić information content (AvgIpc) is 2.78. The Morgan fingerprint density at radius 1 is 1.33 bits per heavy atom. The highest BCUT2D eigenvalue weighted by Gasteiger charge is 2.21. The van der Waals surface area contributed by atoms with Gasteiger partial charge in [0, 0.05) is 27.6 Å². The first kappa shape index (κ1) is 12.3. The fraction of sp³-hybridized carbons (Fsp3) is 0.286. The second kappa shape index (κ2) is 4.72. The number of nitrogens with zero attached hydrogens (tertiary/aromatic N) is 1. The van der Waals surface area contributed by atoms with Gasteiger partial charge in [0.05, 0.1) is 11.1 Å². The molecule has 0 spiro atoms. The van der Waals surface area contributed by atoms with E-state index in [1.54, 1.807) is 0 Å². The maximum Gasteiger partial charge on any atom is 0.0807 e. The van der Waals surface area contributed by atoms with Gasteiger partial charge in [0.1, 0.15) is 0 Å². The van der Waals surface area contributed by atoms with Crippen LogP contribution in [0.4, 0.5) is 0 Å². The van der Waals surface area contributed by atoms with Crippen LogP contribution < -0.4 is 0 Å². The normalized spacial score (nSPS) is 18.7. The number of hydrogen-bond acceptors (Lipinski definition) is 1.